The van der Waals surface area contributed by atoms with Crippen LogP contribution in [0, 0.1) is 5.92 Å². The highest BCUT2D eigenvalue weighted by molar-refractivity contribution is 5.68. The molecule has 1 N–H and O–H groups in total. The molecule has 4 nitrogen and oxygen atoms in total. The van der Waals surface area contributed by atoms with Crippen molar-refractivity contribution in [3.05, 3.63) is 0 Å². The van der Waals surface area contributed by atoms with Crippen LogP contribution in [0.4, 0.5) is 4.79 Å². The Morgan fingerprint density at radius 3 is 2.11 bits per heavy atom. The molecule has 1 fully saturated rings. The normalized spacial score (nSPS) is 18.9. The summed E-state index contributed by atoms with van der Waals surface area (Å²) in [5.41, 5.74) is -1.04. The van der Waals surface area contributed by atoms with E-state index >= 15 is 0 Å². The summed E-state index contributed by atoms with van der Waals surface area (Å²) in [6.45, 7) is 10.8. The molecule has 1 aliphatic rings. The van der Waals surface area contributed by atoms with Gasteiger partial charge in [0.1, 0.15) is 5.60 Å². The van der Waals surface area contributed by atoms with Gasteiger partial charge in [0.25, 0.3) is 0 Å². The largest absolute Gasteiger partial charge is 0.444 e. The summed E-state index contributed by atoms with van der Waals surface area (Å²) in [5, 5.41) is 9.79. The van der Waals surface area contributed by atoms with Crippen LogP contribution in [0.5, 0.6) is 0 Å². The molecule has 1 heterocycles. The van der Waals surface area contributed by atoms with Gasteiger partial charge in [0.05, 0.1) is 5.60 Å². The highest BCUT2D eigenvalue weighted by atomic mass is 16.6. The SMILES string of the molecule is CC(C)(O)CC1CCN(C(=O)OC(C)(C)C)CC1. The van der Waals surface area contributed by atoms with E-state index in [1.165, 1.54) is 0 Å². The van der Waals surface area contributed by atoms with E-state index in [0.717, 1.165) is 32.4 Å². The second kappa shape index (κ2) is 5.47. The van der Waals surface area contributed by atoms with E-state index in [-0.39, 0.29) is 6.09 Å². The molecule has 1 saturated heterocycles. The first kappa shape index (κ1) is 15.3. The van der Waals surface area contributed by atoms with Crippen LogP contribution in [0.1, 0.15) is 53.9 Å². The van der Waals surface area contributed by atoms with E-state index < -0.39 is 11.2 Å². The van der Waals surface area contributed by atoms with Crippen molar-refractivity contribution in [2.45, 2.75) is 65.1 Å². The van der Waals surface area contributed by atoms with Crippen molar-refractivity contribution in [1.29, 1.82) is 0 Å². The fraction of sp³-hybridized carbons (Fsp3) is 0.929. The number of rotatable bonds is 2. The van der Waals surface area contributed by atoms with E-state index in [4.69, 9.17) is 4.74 Å². The lowest BCUT2D eigenvalue weighted by Gasteiger charge is -2.35. The van der Waals surface area contributed by atoms with Crippen LogP contribution in [0.15, 0.2) is 0 Å². The minimum absolute atomic E-state index is 0.218. The molecule has 0 bridgehead atoms. The molecule has 0 spiro atoms. The fourth-order valence-electron chi connectivity index (χ4n) is 2.35. The third kappa shape index (κ3) is 5.71. The molecule has 0 atom stereocenters. The predicted molar refractivity (Wildman–Crippen MR) is 71.4 cm³/mol. The van der Waals surface area contributed by atoms with Gasteiger partial charge in [0, 0.05) is 13.1 Å². The minimum atomic E-state index is -0.612. The Bertz CT molecular complexity index is 280. The van der Waals surface area contributed by atoms with Gasteiger partial charge in [0.2, 0.25) is 0 Å². The lowest BCUT2D eigenvalue weighted by molar-refractivity contribution is 0.00983. The Morgan fingerprint density at radius 1 is 1.22 bits per heavy atom. The first-order valence-electron chi connectivity index (χ1n) is 6.77. The molecule has 4 heteroatoms. The van der Waals surface area contributed by atoms with Gasteiger partial charge < -0.3 is 14.7 Å². The van der Waals surface area contributed by atoms with Crippen LogP contribution < -0.4 is 0 Å². The Labute approximate surface area is 110 Å². The zero-order valence-corrected chi connectivity index (χ0v) is 12.3. The van der Waals surface area contributed by atoms with Crippen LogP contribution in [0.25, 0.3) is 0 Å². The molecule has 1 aliphatic heterocycles. The first-order valence-corrected chi connectivity index (χ1v) is 6.77. The fourth-order valence-corrected chi connectivity index (χ4v) is 2.35. The molecule has 0 radical (unpaired) electrons. The number of piperidine rings is 1. The Kier molecular flexibility index (Phi) is 4.65. The predicted octanol–water partition coefficient (Wildman–Crippen LogP) is 2.79. The van der Waals surface area contributed by atoms with Crippen molar-refractivity contribution < 1.29 is 14.6 Å². The average Bonchev–Trinajstić information content (AvgIpc) is 2.13. The maximum Gasteiger partial charge on any atom is 0.410 e. The van der Waals surface area contributed by atoms with Gasteiger partial charge in [-0.15, -0.1) is 0 Å². The maximum absolute atomic E-state index is 11.9. The van der Waals surface area contributed by atoms with Gasteiger partial charge >= 0.3 is 6.09 Å². The molecule has 18 heavy (non-hydrogen) atoms. The number of carbonyl (C=O) groups excluding carboxylic acids is 1. The van der Waals surface area contributed by atoms with Crippen LogP contribution in [0.3, 0.4) is 0 Å². The third-order valence-corrected chi connectivity index (χ3v) is 3.05. The molecule has 0 aliphatic carbocycles. The van der Waals surface area contributed by atoms with E-state index in [0.29, 0.717) is 5.92 Å². The molecule has 1 amide bonds. The molecule has 0 unspecified atom stereocenters. The number of hydrogen-bond donors (Lipinski definition) is 1. The number of hydrogen-bond acceptors (Lipinski definition) is 3. The van der Waals surface area contributed by atoms with Crippen molar-refractivity contribution in [3.63, 3.8) is 0 Å². The number of carbonyl (C=O) groups is 1. The van der Waals surface area contributed by atoms with E-state index in [2.05, 4.69) is 0 Å². The third-order valence-electron chi connectivity index (χ3n) is 3.05. The molecule has 106 valence electrons. The second-order valence-corrected chi connectivity index (χ2v) is 6.93. The monoisotopic (exact) mass is 257 g/mol. The molecule has 0 aromatic carbocycles. The lowest BCUT2D eigenvalue weighted by Crippen LogP contribution is -2.42. The van der Waals surface area contributed by atoms with E-state index in [9.17, 15) is 9.90 Å². The molecule has 0 saturated carbocycles. The summed E-state index contributed by atoms with van der Waals surface area (Å²) >= 11 is 0. The van der Waals surface area contributed by atoms with Gasteiger partial charge in [-0.25, -0.2) is 4.79 Å². The standard InChI is InChI=1S/C14H27NO3/c1-13(2,3)18-12(16)15-8-6-11(7-9-15)10-14(4,5)17/h11,17H,6-10H2,1-5H3. The summed E-state index contributed by atoms with van der Waals surface area (Å²) in [6.07, 6.45) is 2.48. The molecule has 0 aromatic rings. The smallest absolute Gasteiger partial charge is 0.410 e. The number of likely N-dealkylation sites (tertiary alicyclic amines) is 1. The Morgan fingerprint density at radius 2 is 1.72 bits per heavy atom. The number of ether oxygens (including phenoxy) is 1. The highest BCUT2D eigenvalue weighted by Crippen LogP contribution is 2.26. The molecule has 0 aromatic heterocycles. The summed E-state index contributed by atoms with van der Waals surface area (Å²) in [4.78, 5) is 13.6. The number of amides is 1. The van der Waals surface area contributed by atoms with Crippen molar-refractivity contribution in [3.8, 4) is 0 Å². The van der Waals surface area contributed by atoms with Gasteiger partial charge in [0.15, 0.2) is 0 Å². The van der Waals surface area contributed by atoms with Crippen LogP contribution in [-0.2, 0) is 4.74 Å². The second-order valence-electron chi connectivity index (χ2n) is 6.93. The van der Waals surface area contributed by atoms with Gasteiger partial charge in [-0.3, -0.25) is 0 Å². The maximum atomic E-state index is 11.9. The lowest BCUT2D eigenvalue weighted by atomic mass is 9.86. The van der Waals surface area contributed by atoms with Gasteiger partial charge in [-0.2, -0.15) is 0 Å². The zero-order chi connectivity index (χ0) is 14.0. The highest BCUT2D eigenvalue weighted by Gasteiger charge is 2.29. The molecular weight excluding hydrogens is 230 g/mol. The summed E-state index contributed by atoms with van der Waals surface area (Å²) in [6, 6.07) is 0. The minimum Gasteiger partial charge on any atom is -0.444 e. The average molecular weight is 257 g/mol. The molecule has 1 rings (SSSR count). The van der Waals surface area contributed by atoms with Crippen molar-refractivity contribution in [2.24, 2.45) is 5.92 Å². The summed E-state index contributed by atoms with van der Waals surface area (Å²) in [5.74, 6) is 0.503. The van der Waals surface area contributed by atoms with Crippen molar-refractivity contribution in [2.75, 3.05) is 13.1 Å². The summed E-state index contributed by atoms with van der Waals surface area (Å²) < 4.78 is 5.35. The first-order chi connectivity index (χ1) is 8.07. The Hall–Kier alpha value is -0.770. The quantitative estimate of drug-likeness (QED) is 0.827. The van der Waals surface area contributed by atoms with Gasteiger partial charge in [-0.1, -0.05) is 0 Å². The van der Waals surface area contributed by atoms with Crippen LogP contribution >= 0.6 is 0 Å². The number of nitrogens with zero attached hydrogens (tertiary/aromatic N) is 1. The van der Waals surface area contributed by atoms with Crippen LogP contribution in [-0.4, -0.2) is 40.4 Å². The van der Waals surface area contributed by atoms with Crippen molar-refractivity contribution in [1.82, 2.24) is 4.90 Å². The zero-order valence-electron chi connectivity index (χ0n) is 12.3. The molecular formula is C14H27NO3. The topological polar surface area (TPSA) is 49.8 Å². The summed E-state index contributed by atoms with van der Waals surface area (Å²) in [7, 11) is 0. The van der Waals surface area contributed by atoms with Crippen LogP contribution in [0.2, 0.25) is 0 Å². The van der Waals surface area contributed by atoms with Crippen molar-refractivity contribution >= 4 is 6.09 Å². The van der Waals surface area contributed by atoms with Gasteiger partial charge in [-0.05, 0) is 59.8 Å². The van der Waals surface area contributed by atoms with E-state index in [1.54, 1.807) is 4.90 Å². The Balaban J connectivity index is 2.37. The van der Waals surface area contributed by atoms with E-state index in [1.807, 2.05) is 34.6 Å². The number of aliphatic hydroxyl groups is 1.